The number of aliphatic carboxylic acids is 1. The summed E-state index contributed by atoms with van der Waals surface area (Å²) in [6.07, 6.45) is 62.6. The summed E-state index contributed by atoms with van der Waals surface area (Å²) in [4.78, 5) is 37.3. The average molecular weight is 970 g/mol. The van der Waals surface area contributed by atoms with Crippen molar-refractivity contribution in [1.82, 2.24) is 0 Å². The third kappa shape index (κ3) is 52.4. The smallest absolute Gasteiger partial charge is 0.361 e. The van der Waals surface area contributed by atoms with Crippen LogP contribution in [0.4, 0.5) is 0 Å². The number of carbonyl (C=O) groups excluding carboxylic acids is 2. The van der Waals surface area contributed by atoms with Gasteiger partial charge in [-0.2, -0.15) is 0 Å². The van der Waals surface area contributed by atoms with Gasteiger partial charge in [0.15, 0.2) is 6.10 Å². The van der Waals surface area contributed by atoms with Gasteiger partial charge in [0.25, 0.3) is 6.29 Å². The number of hydrogen-bond donors (Lipinski definition) is 1. The highest BCUT2D eigenvalue weighted by Gasteiger charge is 2.25. The van der Waals surface area contributed by atoms with Crippen molar-refractivity contribution in [2.45, 2.75) is 245 Å². The van der Waals surface area contributed by atoms with Crippen LogP contribution in [0.15, 0.2) is 72.9 Å². The Morgan fingerprint density at radius 3 is 1.25 bits per heavy atom. The summed E-state index contributed by atoms with van der Waals surface area (Å²) >= 11 is 0. The Hall–Kier alpha value is -3.27. The summed E-state index contributed by atoms with van der Waals surface area (Å²) in [5, 5.41) is 9.69. The molecule has 0 aliphatic rings. The van der Waals surface area contributed by atoms with Gasteiger partial charge in [-0.15, -0.1) is 0 Å². The SMILES string of the molecule is CC/C=C\C/C=C\C/C=C\C/C=C\C/C=C\CCCCCCCCCCCCCCCC(=O)OC(COC(=O)CCCCCCC/C=C\CCCCCCCC)COC(OCC[N+](C)(C)C)C(=O)O. The number of esters is 2. The quantitative estimate of drug-likeness (QED) is 0.0211. The number of allylic oxidation sites excluding steroid dienone is 12. The highest BCUT2D eigenvalue weighted by molar-refractivity contribution is 5.71. The summed E-state index contributed by atoms with van der Waals surface area (Å²) in [5.41, 5.74) is 0. The number of carboxylic acid groups (broad SMARTS) is 1. The Kier molecular flexibility index (Phi) is 48.7. The summed E-state index contributed by atoms with van der Waals surface area (Å²) in [6, 6.07) is 0. The first-order chi connectivity index (χ1) is 33.6. The van der Waals surface area contributed by atoms with Gasteiger partial charge in [-0.05, 0) is 83.5 Å². The third-order valence-corrected chi connectivity index (χ3v) is 11.9. The van der Waals surface area contributed by atoms with Gasteiger partial charge in [0.2, 0.25) is 0 Å². The second-order valence-electron chi connectivity index (χ2n) is 19.9. The third-order valence-electron chi connectivity index (χ3n) is 11.9. The van der Waals surface area contributed by atoms with Gasteiger partial charge in [-0.25, -0.2) is 4.79 Å². The Bertz CT molecular complexity index is 1360. The molecule has 0 aromatic rings. The molecule has 0 aromatic heterocycles. The fourth-order valence-electron chi connectivity index (χ4n) is 7.62. The number of carbonyl (C=O) groups is 3. The Labute approximate surface area is 424 Å². The van der Waals surface area contributed by atoms with Crippen LogP contribution < -0.4 is 0 Å². The largest absolute Gasteiger partial charge is 0.477 e. The second-order valence-corrected chi connectivity index (χ2v) is 19.9. The molecule has 69 heavy (non-hydrogen) atoms. The molecule has 398 valence electrons. The molecule has 0 fully saturated rings. The van der Waals surface area contributed by atoms with E-state index in [1.54, 1.807) is 0 Å². The molecule has 0 heterocycles. The van der Waals surface area contributed by atoms with Crippen LogP contribution in [0, 0.1) is 0 Å². The van der Waals surface area contributed by atoms with Gasteiger partial charge in [0, 0.05) is 12.8 Å². The minimum absolute atomic E-state index is 0.184. The number of carboxylic acids is 1. The number of quaternary nitrogens is 1. The lowest BCUT2D eigenvalue weighted by molar-refractivity contribution is -0.870. The topological polar surface area (TPSA) is 108 Å². The highest BCUT2D eigenvalue weighted by atomic mass is 16.7. The molecule has 0 rings (SSSR count). The molecule has 0 aliphatic carbocycles. The molecule has 2 unspecified atom stereocenters. The van der Waals surface area contributed by atoms with E-state index in [4.69, 9.17) is 18.9 Å². The molecule has 0 amide bonds. The number of likely N-dealkylation sites (N-methyl/N-ethyl adjacent to an activating group) is 1. The van der Waals surface area contributed by atoms with E-state index in [-0.39, 0.29) is 32.2 Å². The van der Waals surface area contributed by atoms with E-state index < -0.39 is 24.3 Å². The van der Waals surface area contributed by atoms with Gasteiger partial charge in [-0.3, -0.25) is 9.59 Å². The molecule has 0 aromatic carbocycles. The predicted octanol–water partition coefficient (Wildman–Crippen LogP) is 16.2. The van der Waals surface area contributed by atoms with Crippen LogP contribution in [0.5, 0.6) is 0 Å². The van der Waals surface area contributed by atoms with E-state index in [9.17, 15) is 19.5 Å². The highest BCUT2D eigenvalue weighted by Crippen LogP contribution is 2.15. The first-order valence-electron chi connectivity index (χ1n) is 28.1. The molecule has 0 radical (unpaired) electrons. The molecule has 0 saturated heterocycles. The van der Waals surface area contributed by atoms with Gasteiger partial charge >= 0.3 is 17.9 Å². The zero-order valence-corrected chi connectivity index (χ0v) is 45.2. The molecule has 0 bridgehead atoms. The van der Waals surface area contributed by atoms with E-state index in [1.807, 2.05) is 21.1 Å². The van der Waals surface area contributed by atoms with E-state index in [1.165, 1.54) is 116 Å². The van der Waals surface area contributed by atoms with Crippen molar-refractivity contribution < 1.29 is 42.9 Å². The molecular weight excluding hydrogens is 863 g/mol. The fraction of sp³-hybridized carbons (Fsp3) is 0.750. The predicted molar refractivity (Wildman–Crippen MR) is 290 cm³/mol. The van der Waals surface area contributed by atoms with Crippen LogP contribution in [0.25, 0.3) is 0 Å². The van der Waals surface area contributed by atoms with Crippen LogP contribution >= 0.6 is 0 Å². The maximum Gasteiger partial charge on any atom is 0.361 e. The minimum Gasteiger partial charge on any atom is -0.477 e. The Morgan fingerprint density at radius 1 is 0.449 bits per heavy atom. The van der Waals surface area contributed by atoms with Crippen LogP contribution in [-0.4, -0.2) is 87.4 Å². The van der Waals surface area contributed by atoms with Crippen molar-refractivity contribution in [2.75, 3.05) is 47.5 Å². The summed E-state index contributed by atoms with van der Waals surface area (Å²) in [7, 11) is 5.96. The standard InChI is InChI=1S/C60H105NO8/c1-6-8-10-12-14-16-18-20-22-23-24-25-26-27-28-29-30-31-32-33-34-35-37-39-41-43-45-47-49-51-58(63)69-56(55-68-60(59(64)65)66-53-52-61(3,4)5)54-67-57(62)50-48-46-44-42-40-38-36-21-19-17-15-13-11-9-7-2/h8,10,14,16,20-22,24-25,27-28,36,56,60H,6-7,9,11-13,15,17-19,23,26,29-35,37-55H2,1-5H3/p+1/b10-8-,16-14-,22-20-,25-24-,28-27-,36-21-. The van der Waals surface area contributed by atoms with Crippen molar-refractivity contribution in [3.63, 3.8) is 0 Å². The first kappa shape index (κ1) is 65.7. The zero-order chi connectivity index (χ0) is 50.6. The number of nitrogens with zero attached hydrogens (tertiary/aromatic N) is 1. The van der Waals surface area contributed by atoms with Crippen LogP contribution in [0.3, 0.4) is 0 Å². The van der Waals surface area contributed by atoms with Gasteiger partial charge in [0.05, 0.1) is 34.4 Å². The van der Waals surface area contributed by atoms with Gasteiger partial charge < -0.3 is 28.5 Å². The van der Waals surface area contributed by atoms with Crippen molar-refractivity contribution in [3.05, 3.63) is 72.9 Å². The maximum atomic E-state index is 12.9. The number of rotatable bonds is 51. The molecular formula is C60H106NO8+. The molecule has 1 N–H and O–H groups in total. The summed E-state index contributed by atoms with van der Waals surface area (Å²) in [6.45, 7) is 4.75. The molecule has 0 aliphatic heterocycles. The molecule has 9 nitrogen and oxygen atoms in total. The second kappa shape index (κ2) is 51.1. The van der Waals surface area contributed by atoms with Crippen molar-refractivity contribution in [3.8, 4) is 0 Å². The lowest BCUT2D eigenvalue weighted by atomic mass is 10.0. The molecule has 0 spiro atoms. The van der Waals surface area contributed by atoms with Crippen LogP contribution in [0.2, 0.25) is 0 Å². The van der Waals surface area contributed by atoms with E-state index in [0.717, 1.165) is 83.5 Å². The summed E-state index contributed by atoms with van der Waals surface area (Å²) in [5.74, 6) is -2.02. The van der Waals surface area contributed by atoms with Crippen LogP contribution in [0.1, 0.15) is 232 Å². The van der Waals surface area contributed by atoms with Crippen molar-refractivity contribution in [1.29, 1.82) is 0 Å². The summed E-state index contributed by atoms with van der Waals surface area (Å²) < 4.78 is 22.8. The van der Waals surface area contributed by atoms with Crippen LogP contribution in [-0.2, 0) is 33.3 Å². The molecule has 9 heteroatoms. The lowest BCUT2D eigenvalue weighted by Gasteiger charge is -2.25. The maximum absolute atomic E-state index is 12.9. The van der Waals surface area contributed by atoms with Gasteiger partial charge in [0.1, 0.15) is 13.2 Å². The van der Waals surface area contributed by atoms with E-state index in [0.29, 0.717) is 23.9 Å². The first-order valence-corrected chi connectivity index (χ1v) is 28.1. The average Bonchev–Trinajstić information content (AvgIpc) is 3.31. The normalized spacial score (nSPS) is 13.3. The molecule has 2 atom stereocenters. The number of ether oxygens (including phenoxy) is 4. The van der Waals surface area contributed by atoms with Gasteiger partial charge in [-0.1, -0.05) is 209 Å². The monoisotopic (exact) mass is 969 g/mol. The zero-order valence-electron chi connectivity index (χ0n) is 45.2. The number of unbranched alkanes of at least 4 members (excludes halogenated alkanes) is 24. The van der Waals surface area contributed by atoms with E-state index in [2.05, 4.69) is 86.8 Å². The lowest BCUT2D eigenvalue weighted by Crippen LogP contribution is -2.40. The van der Waals surface area contributed by atoms with Crippen molar-refractivity contribution >= 4 is 17.9 Å². The number of hydrogen-bond acceptors (Lipinski definition) is 7. The minimum atomic E-state index is -1.51. The molecule has 0 saturated carbocycles. The van der Waals surface area contributed by atoms with E-state index >= 15 is 0 Å². The van der Waals surface area contributed by atoms with Crippen molar-refractivity contribution in [2.24, 2.45) is 0 Å². The Balaban J connectivity index is 4.22. The Morgan fingerprint density at radius 2 is 0.826 bits per heavy atom. The fourth-order valence-corrected chi connectivity index (χ4v) is 7.62.